The molecule has 2 rings (SSSR count). The zero-order valence-corrected chi connectivity index (χ0v) is 10.9. The molecule has 3 heteroatoms. The molecule has 1 aliphatic rings. The second-order valence-electron chi connectivity index (χ2n) is 4.84. The number of carbonyl (C=O) groups excluding carboxylic acids is 1. The standard InChI is InChI=1S/C15H20O3/c1-17-15-9-14(8-7-13(15)10-16)18-11-12-5-3-2-4-6-12/h7-10,12H,2-6,11H2,1H3. The van der Waals surface area contributed by atoms with Crippen LogP contribution in [0.25, 0.3) is 0 Å². The first-order chi connectivity index (χ1) is 8.83. The van der Waals surface area contributed by atoms with Gasteiger partial charge in [-0.2, -0.15) is 0 Å². The Morgan fingerprint density at radius 3 is 2.72 bits per heavy atom. The summed E-state index contributed by atoms with van der Waals surface area (Å²) >= 11 is 0. The Kier molecular flexibility index (Phi) is 4.62. The third kappa shape index (κ3) is 3.25. The molecule has 0 saturated heterocycles. The van der Waals surface area contributed by atoms with Gasteiger partial charge >= 0.3 is 0 Å². The van der Waals surface area contributed by atoms with E-state index in [9.17, 15) is 4.79 Å². The SMILES string of the molecule is COc1cc(OCC2CCCCC2)ccc1C=O. The van der Waals surface area contributed by atoms with E-state index < -0.39 is 0 Å². The van der Waals surface area contributed by atoms with Gasteiger partial charge in [0.1, 0.15) is 11.5 Å². The minimum absolute atomic E-state index is 0.558. The number of aldehydes is 1. The van der Waals surface area contributed by atoms with Crippen molar-refractivity contribution >= 4 is 6.29 Å². The van der Waals surface area contributed by atoms with Gasteiger partial charge in [0.05, 0.1) is 19.3 Å². The van der Waals surface area contributed by atoms with Gasteiger partial charge in [-0.15, -0.1) is 0 Å². The number of benzene rings is 1. The van der Waals surface area contributed by atoms with Gasteiger partial charge < -0.3 is 9.47 Å². The smallest absolute Gasteiger partial charge is 0.153 e. The van der Waals surface area contributed by atoms with Crippen LogP contribution < -0.4 is 9.47 Å². The Morgan fingerprint density at radius 1 is 1.28 bits per heavy atom. The van der Waals surface area contributed by atoms with Crippen molar-refractivity contribution in [2.24, 2.45) is 5.92 Å². The second-order valence-corrected chi connectivity index (χ2v) is 4.84. The van der Waals surface area contributed by atoms with Gasteiger partial charge in [0.25, 0.3) is 0 Å². The first-order valence-electron chi connectivity index (χ1n) is 6.59. The molecule has 0 bridgehead atoms. The van der Waals surface area contributed by atoms with Crippen molar-refractivity contribution in [3.8, 4) is 11.5 Å². The topological polar surface area (TPSA) is 35.5 Å². The fraction of sp³-hybridized carbons (Fsp3) is 0.533. The molecule has 0 N–H and O–H groups in total. The predicted molar refractivity (Wildman–Crippen MR) is 70.5 cm³/mol. The molecule has 0 aliphatic heterocycles. The van der Waals surface area contributed by atoms with Crippen molar-refractivity contribution in [2.75, 3.05) is 13.7 Å². The largest absolute Gasteiger partial charge is 0.496 e. The van der Waals surface area contributed by atoms with Gasteiger partial charge in [0.15, 0.2) is 6.29 Å². The van der Waals surface area contributed by atoms with Crippen LogP contribution in [0.1, 0.15) is 42.5 Å². The second kappa shape index (κ2) is 6.43. The van der Waals surface area contributed by atoms with E-state index in [0.29, 0.717) is 17.2 Å². The molecule has 1 aromatic carbocycles. The predicted octanol–water partition coefficient (Wildman–Crippen LogP) is 3.47. The van der Waals surface area contributed by atoms with Crippen LogP contribution in [-0.4, -0.2) is 20.0 Å². The van der Waals surface area contributed by atoms with Gasteiger partial charge in [-0.1, -0.05) is 19.3 Å². The molecule has 3 nitrogen and oxygen atoms in total. The molecule has 18 heavy (non-hydrogen) atoms. The van der Waals surface area contributed by atoms with Gasteiger partial charge in [0, 0.05) is 6.07 Å². The first kappa shape index (κ1) is 12.9. The average Bonchev–Trinajstić information content (AvgIpc) is 2.45. The van der Waals surface area contributed by atoms with Crippen molar-refractivity contribution in [1.29, 1.82) is 0 Å². The Hall–Kier alpha value is -1.51. The number of hydrogen-bond acceptors (Lipinski definition) is 3. The lowest BCUT2D eigenvalue weighted by Crippen LogP contribution is -2.15. The zero-order chi connectivity index (χ0) is 12.8. The summed E-state index contributed by atoms with van der Waals surface area (Å²) in [4.78, 5) is 10.8. The highest BCUT2D eigenvalue weighted by Gasteiger charge is 2.14. The molecule has 0 unspecified atom stereocenters. The van der Waals surface area contributed by atoms with Crippen molar-refractivity contribution in [1.82, 2.24) is 0 Å². The Morgan fingerprint density at radius 2 is 2.06 bits per heavy atom. The van der Waals surface area contributed by atoms with Crippen LogP contribution >= 0.6 is 0 Å². The maximum absolute atomic E-state index is 10.8. The molecule has 1 aromatic rings. The summed E-state index contributed by atoms with van der Waals surface area (Å²) in [5, 5.41) is 0. The van der Waals surface area contributed by atoms with Crippen LogP contribution in [0.3, 0.4) is 0 Å². The quantitative estimate of drug-likeness (QED) is 0.748. The molecular formula is C15H20O3. The van der Waals surface area contributed by atoms with Crippen molar-refractivity contribution < 1.29 is 14.3 Å². The molecule has 0 atom stereocenters. The third-order valence-corrected chi connectivity index (χ3v) is 3.54. The highest BCUT2D eigenvalue weighted by molar-refractivity contribution is 5.79. The Bertz CT molecular complexity index is 395. The normalized spacial score (nSPS) is 16.3. The van der Waals surface area contributed by atoms with Gasteiger partial charge in [0.2, 0.25) is 0 Å². The van der Waals surface area contributed by atoms with E-state index in [1.165, 1.54) is 32.1 Å². The third-order valence-electron chi connectivity index (χ3n) is 3.54. The van der Waals surface area contributed by atoms with Crippen molar-refractivity contribution in [3.63, 3.8) is 0 Å². The molecule has 1 saturated carbocycles. The van der Waals surface area contributed by atoms with E-state index in [-0.39, 0.29) is 0 Å². The number of carbonyl (C=O) groups is 1. The molecule has 1 fully saturated rings. The van der Waals surface area contributed by atoms with Crippen LogP contribution in [-0.2, 0) is 0 Å². The molecule has 0 radical (unpaired) electrons. The van der Waals surface area contributed by atoms with E-state index in [4.69, 9.17) is 9.47 Å². The summed E-state index contributed by atoms with van der Waals surface area (Å²) in [6, 6.07) is 5.35. The zero-order valence-electron chi connectivity index (χ0n) is 10.9. The summed E-state index contributed by atoms with van der Waals surface area (Å²) < 4.78 is 10.9. The van der Waals surface area contributed by atoms with Gasteiger partial charge in [-0.3, -0.25) is 4.79 Å². The molecule has 0 spiro atoms. The van der Waals surface area contributed by atoms with Crippen molar-refractivity contribution in [3.05, 3.63) is 23.8 Å². The summed E-state index contributed by atoms with van der Waals surface area (Å²) in [5.41, 5.74) is 0.558. The summed E-state index contributed by atoms with van der Waals surface area (Å²) in [5.74, 6) is 2.03. The molecule has 0 heterocycles. The highest BCUT2D eigenvalue weighted by Crippen LogP contribution is 2.27. The number of rotatable bonds is 5. The van der Waals surface area contributed by atoms with E-state index in [1.807, 2.05) is 6.07 Å². The van der Waals surface area contributed by atoms with E-state index in [1.54, 1.807) is 19.2 Å². The van der Waals surface area contributed by atoms with Crippen LogP contribution in [0.15, 0.2) is 18.2 Å². The van der Waals surface area contributed by atoms with Crippen LogP contribution in [0, 0.1) is 5.92 Å². The van der Waals surface area contributed by atoms with E-state index in [0.717, 1.165) is 18.6 Å². The lowest BCUT2D eigenvalue weighted by atomic mass is 9.90. The lowest BCUT2D eigenvalue weighted by molar-refractivity contribution is 0.112. The minimum atomic E-state index is 0.558. The minimum Gasteiger partial charge on any atom is -0.496 e. The lowest BCUT2D eigenvalue weighted by Gasteiger charge is -2.21. The molecule has 0 amide bonds. The fourth-order valence-corrected chi connectivity index (χ4v) is 2.45. The summed E-state index contributed by atoms with van der Waals surface area (Å²) in [7, 11) is 1.56. The molecule has 98 valence electrons. The first-order valence-corrected chi connectivity index (χ1v) is 6.59. The Labute approximate surface area is 108 Å². The number of methoxy groups -OCH3 is 1. The van der Waals surface area contributed by atoms with Gasteiger partial charge in [-0.25, -0.2) is 0 Å². The number of ether oxygens (including phenoxy) is 2. The van der Waals surface area contributed by atoms with Crippen LogP contribution in [0.4, 0.5) is 0 Å². The molecule has 0 aromatic heterocycles. The monoisotopic (exact) mass is 248 g/mol. The van der Waals surface area contributed by atoms with E-state index in [2.05, 4.69) is 0 Å². The summed E-state index contributed by atoms with van der Waals surface area (Å²) in [6.07, 6.45) is 7.33. The maximum atomic E-state index is 10.8. The van der Waals surface area contributed by atoms with Crippen LogP contribution in [0.5, 0.6) is 11.5 Å². The Balaban J connectivity index is 1.94. The highest BCUT2D eigenvalue weighted by atomic mass is 16.5. The molecule has 1 aliphatic carbocycles. The van der Waals surface area contributed by atoms with Crippen molar-refractivity contribution in [2.45, 2.75) is 32.1 Å². The fourth-order valence-electron chi connectivity index (χ4n) is 2.45. The average molecular weight is 248 g/mol. The summed E-state index contributed by atoms with van der Waals surface area (Å²) in [6.45, 7) is 0.767. The van der Waals surface area contributed by atoms with Crippen LogP contribution in [0.2, 0.25) is 0 Å². The van der Waals surface area contributed by atoms with Gasteiger partial charge in [-0.05, 0) is 30.9 Å². The maximum Gasteiger partial charge on any atom is 0.153 e. The van der Waals surface area contributed by atoms with E-state index >= 15 is 0 Å². The number of hydrogen-bond donors (Lipinski definition) is 0. The molecular weight excluding hydrogens is 228 g/mol.